The lowest BCUT2D eigenvalue weighted by molar-refractivity contribution is 0.478. The molecule has 0 saturated carbocycles. The van der Waals surface area contributed by atoms with Crippen molar-refractivity contribution in [1.82, 2.24) is 0 Å². The predicted octanol–water partition coefficient (Wildman–Crippen LogP) is 3.12. The van der Waals surface area contributed by atoms with Crippen LogP contribution < -0.4 is 0 Å². The molecule has 0 spiro atoms. The Morgan fingerprint density at radius 3 is 2.50 bits per heavy atom. The molecule has 0 amide bonds. The van der Waals surface area contributed by atoms with Gasteiger partial charge in [0.05, 0.1) is 10.8 Å². The highest BCUT2D eigenvalue weighted by Gasteiger charge is 2.21. The minimum absolute atomic E-state index is 0.169. The zero-order valence-corrected chi connectivity index (χ0v) is 10.6. The fraction of sp³-hybridized carbons (Fsp3) is 0.333. The van der Waals surface area contributed by atoms with Crippen molar-refractivity contribution in [3.05, 3.63) is 33.6 Å². The van der Waals surface area contributed by atoms with Gasteiger partial charge in [0, 0.05) is 10.9 Å². The fourth-order valence-corrected chi connectivity index (χ4v) is 2.94. The van der Waals surface area contributed by atoms with Gasteiger partial charge in [-0.25, -0.2) is 4.39 Å². The van der Waals surface area contributed by atoms with E-state index in [1.807, 2.05) is 0 Å². The molecular weight excluding hydrogens is 278 g/mol. The van der Waals surface area contributed by atoms with Crippen LogP contribution in [-0.4, -0.2) is 18.7 Å². The Bertz CT molecular complexity index is 502. The third-order valence-electron chi connectivity index (χ3n) is 2.03. The van der Waals surface area contributed by atoms with E-state index in [-0.39, 0.29) is 15.6 Å². The van der Waals surface area contributed by atoms with Crippen molar-refractivity contribution in [2.24, 2.45) is 0 Å². The number of benzene rings is 1. The smallest absolute Gasteiger partial charge is 0.265 e. The molecule has 0 aliphatic rings. The number of halogens is 3. The molecule has 0 radical (unpaired) electrons. The van der Waals surface area contributed by atoms with Crippen molar-refractivity contribution in [2.75, 3.05) is 5.75 Å². The van der Waals surface area contributed by atoms with Crippen molar-refractivity contribution in [3.8, 4) is 0 Å². The van der Waals surface area contributed by atoms with Gasteiger partial charge in [0.1, 0.15) is 5.82 Å². The summed E-state index contributed by atoms with van der Waals surface area (Å²) in [7, 11) is -4.16. The summed E-state index contributed by atoms with van der Waals surface area (Å²) >= 11 is 11.5. The molecule has 0 fully saturated rings. The molecule has 3 nitrogen and oxygen atoms in total. The van der Waals surface area contributed by atoms with Crippen LogP contribution >= 0.6 is 23.2 Å². The monoisotopic (exact) mass is 286 g/mol. The molecule has 1 unspecified atom stereocenters. The quantitative estimate of drug-likeness (QED) is 0.686. The number of hydrogen-bond donors (Lipinski definition) is 1. The van der Waals surface area contributed by atoms with Crippen molar-refractivity contribution >= 4 is 33.3 Å². The maximum absolute atomic E-state index is 13.1. The van der Waals surface area contributed by atoms with E-state index < -0.39 is 27.6 Å². The van der Waals surface area contributed by atoms with Gasteiger partial charge in [-0.05, 0) is 17.7 Å². The van der Waals surface area contributed by atoms with Crippen LogP contribution in [0.15, 0.2) is 12.1 Å². The molecule has 90 valence electrons. The normalized spacial score (nSPS) is 13.8. The maximum Gasteiger partial charge on any atom is 0.265 e. The zero-order valence-electron chi connectivity index (χ0n) is 8.25. The Morgan fingerprint density at radius 2 is 2.00 bits per heavy atom. The molecule has 1 N–H and O–H groups in total. The average molecular weight is 287 g/mol. The highest BCUT2D eigenvalue weighted by Crippen LogP contribution is 2.33. The van der Waals surface area contributed by atoms with Crippen LogP contribution in [0, 0.1) is 5.82 Å². The third-order valence-corrected chi connectivity index (χ3v) is 3.67. The van der Waals surface area contributed by atoms with E-state index in [1.165, 1.54) is 13.0 Å². The minimum Gasteiger partial charge on any atom is -0.286 e. The van der Waals surface area contributed by atoms with E-state index in [9.17, 15) is 12.8 Å². The molecular formula is C9H9Cl2FO3S. The summed E-state index contributed by atoms with van der Waals surface area (Å²) in [6.07, 6.45) is 0. The Morgan fingerprint density at radius 1 is 1.44 bits per heavy atom. The van der Waals surface area contributed by atoms with E-state index in [2.05, 4.69) is 0 Å². The topological polar surface area (TPSA) is 54.4 Å². The first-order chi connectivity index (χ1) is 7.22. The molecule has 7 heteroatoms. The lowest BCUT2D eigenvalue weighted by Crippen LogP contribution is -2.12. The van der Waals surface area contributed by atoms with Crippen LogP contribution in [0.4, 0.5) is 4.39 Å². The van der Waals surface area contributed by atoms with Gasteiger partial charge in [0.2, 0.25) is 0 Å². The standard InChI is InChI=1S/C9H9Cl2FO3S/c1-5(4-16(13,14)15)8-6(10)2-3-7(12)9(8)11/h2-3,5H,4H2,1H3,(H,13,14,15). The molecule has 0 saturated heterocycles. The molecule has 0 heterocycles. The summed E-state index contributed by atoms with van der Waals surface area (Å²) in [6, 6.07) is 2.38. The van der Waals surface area contributed by atoms with Gasteiger partial charge in [0.25, 0.3) is 10.1 Å². The molecule has 1 aromatic carbocycles. The zero-order chi connectivity index (χ0) is 12.5. The van der Waals surface area contributed by atoms with Gasteiger partial charge in [-0.1, -0.05) is 30.1 Å². The third kappa shape index (κ3) is 3.31. The molecule has 1 aromatic rings. The molecule has 1 rings (SSSR count). The molecule has 0 aliphatic carbocycles. The van der Waals surface area contributed by atoms with Crippen LogP contribution in [-0.2, 0) is 10.1 Å². The van der Waals surface area contributed by atoms with Gasteiger partial charge in [-0.15, -0.1) is 0 Å². The van der Waals surface area contributed by atoms with Crippen molar-refractivity contribution in [2.45, 2.75) is 12.8 Å². The van der Waals surface area contributed by atoms with E-state index in [4.69, 9.17) is 27.8 Å². The summed E-state index contributed by atoms with van der Waals surface area (Å²) in [6.45, 7) is 1.49. The van der Waals surface area contributed by atoms with Crippen molar-refractivity contribution in [1.29, 1.82) is 0 Å². The summed E-state index contributed by atoms with van der Waals surface area (Å²) in [5.41, 5.74) is 0.181. The van der Waals surface area contributed by atoms with Crippen LogP contribution in [0.1, 0.15) is 18.4 Å². The van der Waals surface area contributed by atoms with E-state index >= 15 is 0 Å². The second-order valence-electron chi connectivity index (χ2n) is 3.41. The second-order valence-corrected chi connectivity index (χ2v) is 5.69. The lowest BCUT2D eigenvalue weighted by Gasteiger charge is -2.14. The summed E-state index contributed by atoms with van der Waals surface area (Å²) in [5.74, 6) is -1.93. The van der Waals surface area contributed by atoms with Gasteiger partial charge in [0.15, 0.2) is 0 Å². The van der Waals surface area contributed by atoms with Crippen LogP contribution in [0.5, 0.6) is 0 Å². The highest BCUT2D eigenvalue weighted by atomic mass is 35.5. The Labute approximate surface area is 103 Å². The minimum atomic E-state index is -4.16. The first-order valence-electron chi connectivity index (χ1n) is 4.31. The Kier molecular flexibility index (Phi) is 4.17. The highest BCUT2D eigenvalue weighted by molar-refractivity contribution is 7.85. The summed E-state index contributed by atoms with van der Waals surface area (Å²) in [5, 5.41) is -0.0498. The summed E-state index contributed by atoms with van der Waals surface area (Å²) < 4.78 is 43.2. The SMILES string of the molecule is CC(CS(=O)(=O)O)c1c(Cl)ccc(F)c1Cl. The van der Waals surface area contributed by atoms with E-state index in [0.29, 0.717) is 0 Å². The van der Waals surface area contributed by atoms with Gasteiger partial charge in [-0.2, -0.15) is 8.42 Å². The van der Waals surface area contributed by atoms with E-state index in [0.717, 1.165) is 6.07 Å². The van der Waals surface area contributed by atoms with Gasteiger partial charge >= 0.3 is 0 Å². The first-order valence-corrected chi connectivity index (χ1v) is 6.67. The largest absolute Gasteiger partial charge is 0.286 e. The van der Waals surface area contributed by atoms with Crippen LogP contribution in [0.3, 0.4) is 0 Å². The van der Waals surface area contributed by atoms with Crippen molar-refractivity contribution in [3.63, 3.8) is 0 Å². The lowest BCUT2D eigenvalue weighted by atomic mass is 10.0. The second kappa shape index (κ2) is 4.87. The van der Waals surface area contributed by atoms with Gasteiger partial charge < -0.3 is 0 Å². The molecule has 0 bridgehead atoms. The molecule has 0 aromatic heterocycles. The van der Waals surface area contributed by atoms with Gasteiger partial charge in [-0.3, -0.25) is 4.55 Å². The number of hydrogen-bond acceptors (Lipinski definition) is 2. The van der Waals surface area contributed by atoms with Crippen LogP contribution in [0.25, 0.3) is 0 Å². The number of rotatable bonds is 3. The average Bonchev–Trinajstić information content (AvgIpc) is 2.09. The molecule has 0 aliphatic heterocycles. The Hall–Kier alpha value is -0.360. The van der Waals surface area contributed by atoms with Crippen LogP contribution in [0.2, 0.25) is 10.0 Å². The molecule has 16 heavy (non-hydrogen) atoms. The first kappa shape index (κ1) is 13.7. The van der Waals surface area contributed by atoms with E-state index in [1.54, 1.807) is 0 Å². The predicted molar refractivity (Wildman–Crippen MR) is 61.3 cm³/mol. The van der Waals surface area contributed by atoms with Crippen molar-refractivity contribution < 1.29 is 17.4 Å². The fourth-order valence-electron chi connectivity index (χ4n) is 1.39. The Balaban J connectivity index is 3.18. The molecule has 1 atom stereocenters. The summed E-state index contributed by atoms with van der Waals surface area (Å²) in [4.78, 5) is 0. The maximum atomic E-state index is 13.1.